The van der Waals surface area contributed by atoms with Gasteiger partial charge in [-0.15, -0.1) is 0 Å². The molecule has 3 N–H and O–H groups in total. The molecule has 0 fully saturated rings. The summed E-state index contributed by atoms with van der Waals surface area (Å²) in [6.07, 6.45) is 0. The maximum atomic E-state index is 13.0. The lowest BCUT2D eigenvalue weighted by Gasteiger charge is -2.28. The van der Waals surface area contributed by atoms with E-state index < -0.39 is 17.0 Å². The Kier molecular flexibility index (Phi) is 5.12. The molecule has 144 valence electrons. The summed E-state index contributed by atoms with van der Waals surface area (Å²) in [5.74, 6) is -0.364. The van der Waals surface area contributed by atoms with Crippen LogP contribution >= 0.6 is 0 Å². The predicted molar refractivity (Wildman–Crippen MR) is 105 cm³/mol. The van der Waals surface area contributed by atoms with Gasteiger partial charge in [-0.05, 0) is 61.7 Å². The van der Waals surface area contributed by atoms with E-state index in [-0.39, 0.29) is 11.6 Å². The summed E-state index contributed by atoms with van der Waals surface area (Å²) in [4.78, 5) is 35.3. The molecule has 8 nitrogen and oxygen atoms in total. The molecule has 0 saturated heterocycles. The first-order valence-corrected chi connectivity index (χ1v) is 8.67. The van der Waals surface area contributed by atoms with Crippen LogP contribution in [0, 0.1) is 24.0 Å². The number of carbonyl (C=O) groups excluding carboxylic acids is 2. The van der Waals surface area contributed by atoms with Crippen molar-refractivity contribution in [2.24, 2.45) is 0 Å². The van der Waals surface area contributed by atoms with Crippen LogP contribution in [0.4, 0.5) is 16.2 Å². The Bertz CT molecular complexity index is 996. The number of anilines is 1. The number of non-ortho nitro benzene ring substituents is 1. The van der Waals surface area contributed by atoms with E-state index in [1.54, 1.807) is 6.92 Å². The zero-order chi connectivity index (χ0) is 20.4. The number of amides is 3. The molecule has 0 aromatic heterocycles. The highest BCUT2D eigenvalue weighted by atomic mass is 16.6. The molecule has 0 aliphatic carbocycles. The number of rotatable bonds is 4. The Balaban J connectivity index is 1.93. The molecule has 3 rings (SSSR count). The van der Waals surface area contributed by atoms with Gasteiger partial charge in [0.15, 0.2) is 0 Å². The average molecular weight is 380 g/mol. The average Bonchev–Trinajstić information content (AvgIpc) is 2.64. The Labute approximate surface area is 161 Å². The maximum Gasteiger partial charge on any atom is 0.319 e. The van der Waals surface area contributed by atoms with E-state index in [2.05, 4.69) is 16.0 Å². The van der Waals surface area contributed by atoms with E-state index in [4.69, 9.17) is 0 Å². The molecule has 3 amide bonds. The number of nitro benzene ring substituents is 1. The number of allylic oxidation sites excluding steroid dienone is 1. The maximum absolute atomic E-state index is 13.0. The van der Waals surface area contributed by atoms with Gasteiger partial charge in [0.05, 0.1) is 16.5 Å². The topological polar surface area (TPSA) is 113 Å². The van der Waals surface area contributed by atoms with E-state index in [1.807, 2.05) is 32.0 Å². The van der Waals surface area contributed by atoms with Gasteiger partial charge in [-0.1, -0.05) is 6.07 Å². The molecule has 1 aliphatic rings. The minimum atomic E-state index is -0.721. The van der Waals surface area contributed by atoms with Crippen molar-refractivity contribution in [3.05, 3.63) is 80.5 Å². The Morgan fingerprint density at radius 3 is 2.36 bits per heavy atom. The van der Waals surface area contributed by atoms with Gasteiger partial charge in [0.25, 0.3) is 11.6 Å². The minimum absolute atomic E-state index is 0.0640. The molecular formula is C20H20N4O4. The molecule has 0 saturated carbocycles. The number of urea groups is 1. The lowest BCUT2D eigenvalue weighted by Crippen LogP contribution is -2.45. The molecule has 0 radical (unpaired) electrons. The highest BCUT2D eigenvalue weighted by molar-refractivity contribution is 6.06. The fraction of sp³-hybridized carbons (Fsp3) is 0.200. The van der Waals surface area contributed by atoms with Crippen LogP contribution < -0.4 is 16.0 Å². The van der Waals surface area contributed by atoms with Gasteiger partial charge in [-0.3, -0.25) is 14.9 Å². The zero-order valence-electron chi connectivity index (χ0n) is 15.7. The molecular weight excluding hydrogens is 360 g/mol. The lowest BCUT2D eigenvalue weighted by atomic mass is 9.94. The van der Waals surface area contributed by atoms with E-state index in [1.165, 1.54) is 24.3 Å². The lowest BCUT2D eigenvalue weighted by molar-refractivity contribution is -0.384. The number of hydrogen-bond donors (Lipinski definition) is 3. The number of carbonyl (C=O) groups is 2. The van der Waals surface area contributed by atoms with E-state index in [0.717, 1.165) is 11.1 Å². The molecule has 0 unspecified atom stereocenters. The third kappa shape index (κ3) is 3.85. The highest BCUT2D eigenvalue weighted by Crippen LogP contribution is 2.29. The van der Waals surface area contributed by atoms with Crippen molar-refractivity contribution in [3.63, 3.8) is 0 Å². The van der Waals surface area contributed by atoms with Gasteiger partial charge >= 0.3 is 6.03 Å². The summed E-state index contributed by atoms with van der Waals surface area (Å²) in [6.45, 7) is 5.59. The van der Waals surface area contributed by atoms with Crippen LogP contribution in [0.5, 0.6) is 0 Å². The number of benzene rings is 2. The second-order valence-electron chi connectivity index (χ2n) is 6.67. The first-order chi connectivity index (χ1) is 13.3. The van der Waals surface area contributed by atoms with Crippen molar-refractivity contribution >= 4 is 23.3 Å². The van der Waals surface area contributed by atoms with Crippen molar-refractivity contribution in [2.75, 3.05) is 5.32 Å². The highest BCUT2D eigenvalue weighted by Gasteiger charge is 2.31. The van der Waals surface area contributed by atoms with Gasteiger partial charge in [-0.2, -0.15) is 0 Å². The molecule has 0 bridgehead atoms. The SMILES string of the molecule is CC1=C(C(=O)Nc2ccc(C)c(C)c2)[C@H](c2ccc([N+](=O)[O-])cc2)NC(=O)N1. The summed E-state index contributed by atoms with van der Waals surface area (Å²) >= 11 is 0. The molecule has 28 heavy (non-hydrogen) atoms. The van der Waals surface area contributed by atoms with Crippen molar-refractivity contribution in [2.45, 2.75) is 26.8 Å². The molecule has 1 atom stereocenters. The third-order valence-corrected chi connectivity index (χ3v) is 4.72. The number of aryl methyl sites for hydroxylation is 2. The summed E-state index contributed by atoms with van der Waals surface area (Å²) in [6, 6.07) is 10.2. The van der Waals surface area contributed by atoms with Crippen molar-refractivity contribution in [1.29, 1.82) is 0 Å². The fourth-order valence-corrected chi connectivity index (χ4v) is 3.05. The first kappa shape index (κ1) is 19.1. The Morgan fingerprint density at radius 2 is 1.75 bits per heavy atom. The summed E-state index contributed by atoms with van der Waals surface area (Å²) in [7, 11) is 0. The van der Waals surface area contributed by atoms with E-state index >= 15 is 0 Å². The van der Waals surface area contributed by atoms with Crippen LogP contribution in [0.15, 0.2) is 53.7 Å². The smallest absolute Gasteiger partial charge is 0.319 e. The molecule has 1 aliphatic heterocycles. The van der Waals surface area contributed by atoms with Gasteiger partial charge in [0.2, 0.25) is 0 Å². The zero-order valence-corrected chi connectivity index (χ0v) is 15.7. The fourth-order valence-electron chi connectivity index (χ4n) is 3.05. The largest absolute Gasteiger partial charge is 0.327 e. The van der Waals surface area contributed by atoms with Gasteiger partial charge in [0, 0.05) is 23.5 Å². The normalized spacial score (nSPS) is 16.2. The molecule has 2 aromatic rings. The van der Waals surface area contributed by atoms with Crippen LogP contribution in [-0.2, 0) is 4.79 Å². The van der Waals surface area contributed by atoms with Crippen LogP contribution in [0.3, 0.4) is 0 Å². The second kappa shape index (κ2) is 7.51. The quantitative estimate of drug-likeness (QED) is 0.556. The predicted octanol–water partition coefficient (Wildman–Crippen LogP) is 3.48. The van der Waals surface area contributed by atoms with Gasteiger partial charge in [-0.25, -0.2) is 4.79 Å². The van der Waals surface area contributed by atoms with Crippen molar-refractivity contribution < 1.29 is 14.5 Å². The Hall–Kier alpha value is -3.68. The number of nitrogens with one attached hydrogen (secondary N) is 3. The minimum Gasteiger partial charge on any atom is -0.327 e. The van der Waals surface area contributed by atoms with Crippen molar-refractivity contribution in [1.82, 2.24) is 10.6 Å². The molecule has 0 spiro atoms. The van der Waals surface area contributed by atoms with Crippen LogP contribution in [-0.4, -0.2) is 16.9 Å². The number of nitrogens with zero attached hydrogens (tertiary/aromatic N) is 1. The molecule has 1 heterocycles. The summed E-state index contributed by atoms with van der Waals surface area (Å²) in [5, 5.41) is 19.0. The first-order valence-electron chi connectivity index (χ1n) is 8.67. The van der Waals surface area contributed by atoms with Crippen LogP contribution in [0.25, 0.3) is 0 Å². The molecule has 2 aromatic carbocycles. The van der Waals surface area contributed by atoms with E-state index in [9.17, 15) is 19.7 Å². The standard InChI is InChI=1S/C20H20N4O4/c1-11-4-7-15(10-12(11)2)22-19(25)17-13(3)21-20(26)23-18(17)14-5-8-16(9-6-14)24(27)28/h4-10,18H,1-3H3,(H,22,25)(H2,21,23,26)/t18-/m0/s1. The summed E-state index contributed by atoms with van der Waals surface area (Å²) in [5.41, 5.74) is 4.08. The van der Waals surface area contributed by atoms with Crippen molar-refractivity contribution in [3.8, 4) is 0 Å². The van der Waals surface area contributed by atoms with Gasteiger partial charge in [0.1, 0.15) is 0 Å². The van der Waals surface area contributed by atoms with Crippen LogP contribution in [0.2, 0.25) is 0 Å². The summed E-state index contributed by atoms with van der Waals surface area (Å²) < 4.78 is 0. The molecule has 8 heteroatoms. The number of hydrogen-bond acceptors (Lipinski definition) is 4. The van der Waals surface area contributed by atoms with Crippen LogP contribution in [0.1, 0.15) is 29.7 Å². The number of nitro groups is 1. The monoisotopic (exact) mass is 380 g/mol. The Morgan fingerprint density at radius 1 is 1.07 bits per heavy atom. The van der Waals surface area contributed by atoms with E-state index in [0.29, 0.717) is 22.5 Å². The second-order valence-corrected chi connectivity index (χ2v) is 6.67. The third-order valence-electron chi connectivity index (χ3n) is 4.72. The van der Waals surface area contributed by atoms with Gasteiger partial charge < -0.3 is 16.0 Å².